The summed E-state index contributed by atoms with van der Waals surface area (Å²) in [6.07, 6.45) is 0.607. The van der Waals surface area contributed by atoms with Crippen LogP contribution in [0.15, 0.2) is 36.4 Å². The van der Waals surface area contributed by atoms with Crippen molar-refractivity contribution < 1.29 is 18.4 Å². The van der Waals surface area contributed by atoms with Crippen LogP contribution in [0.2, 0.25) is 5.02 Å². The third kappa shape index (κ3) is 5.11. The summed E-state index contributed by atoms with van der Waals surface area (Å²) >= 11 is 6.07. The number of benzene rings is 2. The fraction of sp³-hybridized carbons (Fsp3) is 0.300. The lowest BCUT2D eigenvalue weighted by molar-refractivity contribution is -0.118. The summed E-state index contributed by atoms with van der Waals surface area (Å²) < 4.78 is 28.6. The van der Waals surface area contributed by atoms with E-state index in [1.54, 1.807) is 6.92 Å². The van der Waals surface area contributed by atoms with Crippen LogP contribution in [-0.2, 0) is 4.79 Å². The van der Waals surface area contributed by atoms with Gasteiger partial charge in [-0.05, 0) is 31.5 Å². The highest BCUT2D eigenvalue weighted by atomic mass is 35.5. The number of nitrogens with one attached hydrogen (secondary N) is 1. The second-order valence-corrected chi connectivity index (χ2v) is 6.77. The van der Waals surface area contributed by atoms with Gasteiger partial charge in [-0.2, -0.15) is 0 Å². The number of primary amides is 1. The number of carbonyl (C=O) groups is 2. The molecule has 144 valence electrons. The Morgan fingerprint density at radius 2 is 1.93 bits per heavy atom. The van der Waals surface area contributed by atoms with Gasteiger partial charge in [0.25, 0.3) is 0 Å². The Bertz CT molecular complexity index is 858. The van der Waals surface area contributed by atoms with Crippen LogP contribution in [0.3, 0.4) is 0 Å². The lowest BCUT2D eigenvalue weighted by Crippen LogP contribution is -2.34. The third-order valence-electron chi connectivity index (χ3n) is 4.21. The number of nitrogens with two attached hydrogens (primary N) is 1. The molecular weight excluding hydrogens is 374 g/mol. The molecule has 0 unspecified atom stereocenters. The van der Waals surface area contributed by atoms with Gasteiger partial charge in [-0.3, -0.25) is 9.59 Å². The van der Waals surface area contributed by atoms with Crippen molar-refractivity contribution in [3.63, 3.8) is 0 Å². The van der Waals surface area contributed by atoms with E-state index in [1.165, 1.54) is 30.3 Å². The van der Waals surface area contributed by atoms with Crippen molar-refractivity contribution in [3.05, 3.63) is 69.7 Å². The zero-order valence-electron chi connectivity index (χ0n) is 15.1. The quantitative estimate of drug-likeness (QED) is 0.660. The number of hydrogen-bond donors (Lipinski definition) is 2. The molecule has 2 atom stereocenters. The minimum Gasteiger partial charge on any atom is -0.370 e. The van der Waals surface area contributed by atoms with Gasteiger partial charge in [0, 0.05) is 29.6 Å². The first-order valence-corrected chi connectivity index (χ1v) is 8.94. The topological polar surface area (TPSA) is 72.2 Å². The van der Waals surface area contributed by atoms with Gasteiger partial charge in [0.05, 0.1) is 10.6 Å². The van der Waals surface area contributed by atoms with Crippen LogP contribution in [0.1, 0.15) is 54.2 Å². The number of carbonyl (C=O) groups excluding carboxylic acids is 2. The maximum atomic E-state index is 15.2. The van der Waals surface area contributed by atoms with E-state index in [-0.39, 0.29) is 34.2 Å². The zero-order valence-corrected chi connectivity index (χ0v) is 15.8. The molecular formula is C20H21ClF2N2O2. The Kier molecular flexibility index (Phi) is 7.05. The van der Waals surface area contributed by atoms with Crippen molar-refractivity contribution in [1.29, 1.82) is 0 Å². The fourth-order valence-corrected chi connectivity index (χ4v) is 3.18. The normalized spacial score (nSPS) is 13.2. The molecule has 0 aliphatic heterocycles. The first kappa shape index (κ1) is 21.0. The summed E-state index contributed by atoms with van der Waals surface area (Å²) in [4.78, 5) is 23.8. The summed E-state index contributed by atoms with van der Waals surface area (Å²) in [7, 11) is 0. The Morgan fingerprint density at radius 3 is 2.52 bits per heavy atom. The van der Waals surface area contributed by atoms with Crippen molar-refractivity contribution in [3.8, 4) is 0 Å². The molecule has 0 fully saturated rings. The summed E-state index contributed by atoms with van der Waals surface area (Å²) in [6, 6.07) is 7.23. The summed E-state index contributed by atoms with van der Waals surface area (Å²) in [6.45, 7) is 3.61. The van der Waals surface area contributed by atoms with Crippen LogP contribution < -0.4 is 11.1 Å². The van der Waals surface area contributed by atoms with E-state index >= 15 is 4.39 Å². The second kappa shape index (κ2) is 9.06. The van der Waals surface area contributed by atoms with E-state index in [2.05, 4.69) is 5.32 Å². The van der Waals surface area contributed by atoms with Gasteiger partial charge >= 0.3 is 0 Å². The molecule has 0 bridgehead atoms. The SMILES string of the molecule is CC[C@@H](N[C@H](C)CC(N)=O)c1ccc(Cl)c(C(=O)c2cccc(F)c2)c1F. The standard InChI is InChI=1S/C20H21ClF2N2O2/c1-3-16(25-11(2)9-17(24)26)14-7-8-15(21)18(19(14)23)20(27)12-5-4-6-13(22)10-12/h4-8,10-11,16,25H,3,9H2,1-2H3,(H2,24,26)/t11-,16-/m1/s1. The predicted octanol–water partition coefficient (Wildman–Crippen LogP) is 4.15. The van der Waals surface area contributed by atoms with Gasteiger partial charge in [-0.1, -0.05) is 36.7 Å². The maximum absolute atomic E-state index is 15.2. The first-order chi connectivity index (χ1) is 12.7. The first-order valence-electron chi connectivity index (χ1n) is 8.57. The number of ketones is 1. The lowest BCUT2D eigenvalue weighted by atomic mass is 9.95. The summed E-state index contributed by atoms with van der Waals surface area (Å²) in [5.41, 5.74) is 5.15. The average Bonchev–Trinajstić information content (AvgIpc) is 2.59. The highest BCUT2D eigenvalue weighted by Gasteiger charge is 2.25. The number of halogens is 3. The van der Waals surface area contributed by atoms with Crippen LogP contribution in [0, 0.1) is 11.6 Å². The van der Waals surface area contributed by atoms with Crippen molar-refractivity contribution in [1.82, 2.24) is 5.32 Å². The number of rotatable bonds is 8. The van der Waals surface area contributed by atoms with Crippen LogP contribution in [0.4, 0.5) is 8.78 Å². The van der Waals surface area contributed by atoms with E-state index in [9.17, 15) is 14.0 Å². The molecule has 0 heterocycles. The molecule has 1 amide bonds. The van der Waals surface area contributed by atoms with E-state index in [1.807, 2.05) is 6.92 Å². The lowest BCUT2D eigenvalue weighted by Gasteiger charge is -2.23. The average molecular weight is 395 g/mol. The van der Waals surface area contributed by atoms with Crippen LogP contribution >= 0.6 is 11.6 Å². The van der Waals surface area contributed by atoms with Gasteiger partial charge in [0.2, 0.25) is 5.91 Å². The van der Waals surface area contributed by atoms with Crippen LogP contribution in [0.5, 0.6) is 0 Å². The molecule has 27 heavy (non-hydrogen) atoms. The van der Waals surface area contributed by atoms with Gasteiger partial charge in [-0.15, -0.1) is 0 Å². The Morgan fingerprint density at radius 1 is 1.22 bits per heavy atom. The Labute approximate surface area is 161 Å². The van der Waals surface area contributed by atoms with Crippen molar-refractivity contribution in [2.24, 2.45) is 5.73 Å². The molecule has 0 aromatic heterocycles. The van der Waals surface area contributed by atoms with Gasteiger partial charge in [0.15, 0.2) is 5.78 Å². The molecule has 0 saturated carbocycles. The minimum absolute atomic E-state index is 0.0102. The molecule has 4 nitrogen and oxygen atoms in total. The summed E-state index contributed by atoms with van der Waals surface area (Å²) in [5, 5.41) is 3.08. The second-order valence-electron chi connectivity index (χ2n) is 6.36. The Balaban J connectivity index is 2.41. The van der Waals surface area contributed by atoms with Crippen molar-refractivity contribution >= 4 is 23.3 Å². The minimum atomic E-state index is -0.762. The fourth-order valence-electron chi connectivity index (χ4n) is 2.95. The smallest absolute Gasteiger partial charge is 0.218 e. The van der Waals surface area contributed by atoms with Gasteiger partial charge in [0.1, 0.15) is 11.6 Å². The van der Waals surface area contributed by atoms with Crippen LogP contribution in [0.25, 0.3) is 0 Å². The number of hydrogen-bond acceptors (Lipinski definition) is 3. The Hall–Kier alpha value is -2.31. The largest absolute Gasteiger partial charge is 0.370 e. The van der Waals surface area contributed by atoms with E-state index in [0.717, 1.165) is 6.07 Å². The highest BCUT2D eigenvalue weighted by Crippen LogP contribution is 2.30. The molecule has 7 heteroatoms. The molecule has 0 radical (unpaired) electrons. The third-order valence-corrected chi connectivity index (χ3v) is 4.53. The maximum Gasteiger partial charge on any atom is 0.218 e. The van der Waals surface area contributed by atoms with Crippen LogP contribution in [-0.4, -0.2) is 17.7 Å². The molecule has 0 spiro atoms. The zero-order chi connectivity index (χ0) is 20.1. The number of amides is 1. The summed E-state index contributed by atoms with van der Waals surface area (Å²) in [5.74, 6) is -2.52. The molecule has 3 N–H and O–H groups in total. The highest BCUT2D eigenvalue weighted by molar-refractivity contribution is 6.35. The van der Waals surface area contributed by atoms with E-state index in [4.69, 9.17) is 17.3 Å². The monoisotopic (exact) mass is 394 g/mol. The predicted molar refractivity (Wildman–Crippen MR) is 101 cm³/mol. The van der Waals surface area contributed by atoms with Gasteiger partial charge in [-0.25, -0.2) is 8.78 Å². The molecule has 2 rings (SSSR count). The van der Waals surface area contributed by atoms with Gasteiger partial charge < -0.3 is 11.1 Å². The van der Waals surface area contributed by atoms with Crippen molar-refractivity contribution in [2.75, 3.05) is 0 Å². The molecule has 0 aliphatic carbocycles. The van der Waals surface area contributed by atoms with Crippen molar-refractivity contribution in [2.45, 2.75) is 38.8 Å². The van der Waals surface area contributed by atoms with E-state index in [0.29, 0.717) is 6.42 Å². The molecule has 0 aliphatic rings. The molecule has 2 aromatic carbocycles. The molecule has 0 saturated heterocycles. The van der Waals surface area contributed by atoms with E-state index < -0.39 is 29.4 Å². The molecule has 2 aromatic rings.